The Kier molecular flexibility index (Phi) is 8.64. The number of nitrogens with one attached hydrogen (secondary N) is 1. The summed E-state index contributed by atoms with van der Waals surface area (Å²) in [6.07, 6.45) is 1.56. The van der Waals surface area contributed by atoms with Gasteiger partial charge >= 0.3 is 0 Å². The van der Waals surface area contributed by atoms with Crippen LogP contribution >= 0.6 is 27.5 Å². The second kappa shape index (κ2) is 11.6. The third-order valence-electron chi connectivity index (χ3n) is 4.31. The number of amides is 1. The number of benzene rings is 3. The lowest BCUT2D eigenvalue weighted by Gasteiger charge is -2.14. The highest BCUT2D eigenvalue weighted by molar-refractivity contribution is 9.10. The van der Waals surface area contributed by atoms with Gasteiger partial charge in [-0.05, 0) is 60.0 Å². The van der Waals surface area contributed by atoms with E-state index >= 15 is 0 Å². The first-order valence-electron chi connectivity index (χ1n) is 9.84. The smallest absolute Gasteiger partial charge is 0.244 e. The van der Waals surface area contributed by atoms with Gasteiger partial charge in [-0.15, -0.1) is 0 Å². The summed E-state index contributed by atoms with van der Waals surface area (Å²) in [6.45, 7) is 2.63. The van der Waals surface area contributed by atoms with Crippen molar-refractivity contribution in [2.45, 2.75) is 20.0 Å². The molecule has 8 heteroatoms. The Morgan fingerprint density at radius 2 is 1.78 bits per heavy atom. The third-order valence-corrected chi connectivity index (χ3v) is 5.12. The Labute approximate surface area is 199 Å². The van der Waals surface area contributed by atoms with Gasteiger partial charge in [0.1, 0.15) is 12.4 Å². The van der Waals surface area contributed by atoms with E-state index in [4.69, 9.17) is 21.1 Å². The molecule has 3 rings (SSSR count). The third kappa shape index (κ3) is 7.07. The summed E-state index contributed by atoms with van der Waals surface area (Å²) in [4.78, 5) is 12.0. The molecule has 0 spiro atoms. The first kappa shape index (κ1) is 23.8. The summed E-state index contributed by atoms with van der Waals surface area (Å²) in [7, 11) is 0. The molecule has 0 saturated carbocycles. The number of carbonyl (C=O) groups is 1. The highest BCUT2D eigenvalue weighted by atomic mass is 79.9. The maximum absolute atomic E-state index is 13.0. The van der Waals surface area contributed by atoms with Crippen molar-refractivity contribution in [3.8, 4) is 11.5 Å². The van der Waals surface area contributed by atoms with Gasteiger partial charge in [0.2, 0.25) is 5.91 Å². The molecule has 0 atom stereocenters. The summed E-state index contributed by atoms with van der Waals surface area (Å²) >= 11 is 9.84. The number of hydrogen-bond donors (Lipinski definition) is 1. The summed E-state index contributed by atoms with van der Waals surface area (Å²) < 4.78 is 25.5. The molecular formula is C24H21BrClFN2O3. The van der Waals surface area contributed by atoms with Crippen LogP contribution in [-0.2, 0) is 17.8 Å². The van der Waals surface area contributed by atoms with Crippen molar-refractivity contribution in [1.82, 2.24) is 5.43 Å². The van der Waals surface area contributed by atoms with Gasteiger partial charge in [0.25, 0.3) is 0 Å². The molecular weight excluding hydrogens is 499 g/mol. The molecule has 0 unspecified atom stereocenters. The molecule has 3 aromatic rings. The predicted octanol–water partition coefficient (Wildman–Crippen LogP) is 5.91. The van der Waals surface area contributed by atoms with Crippen LogP contribution in [0.15, 0.2) is 70.2 Å². The highest BCUT2D eigenvalue weighted by Crippen LogP contribution is 2.37. The number of ether oxygens (including phenoxy) is 2. The lowest BCUT2D eigenvalue weighted by atomic mass is 10.1. The van der Waals surface area contributed by atoms with Crippen LogP contribution in [0.3, 0.4) is 0 Å². The molecule has 0 aliphatic rings. The van der Waals surface area contributed by atoms with E-state index in [1.165, 1.54) is 18.3 Å². The molecule has 1 N–H and O–H groups in total. The van der Waals surface area contributed by atoms with Crippen LogP contribution in [0.2, 0.25) is 5.02 Å². The Bertz CT molecular complexity index is 1090. The van der Waals surface area contributed by atoms with Crippen LogP contribution in [0.4, 0.5) is 4.39 Å². The Morgan fingerprint density at radius 3 is 2.47 bits per heavy atom. The molecule has 0 saturated heterocycles. The average molecular weight is 520 g/mol. The zero-order valence-corrected chi connectivity index (χ0v) is 19.6. The molecule has 5 nitrogen and oxygen atoms in total. The van der Waals surface area contributed by atoms with Crippen LogP contribution in [0.5, 0.6) is 11.5 Å². The lowest BCUT2D eigenvalue weighted by molar-refractivity contribution is -0.120. The van der Waals surface area contributed by atoms with Crippen LogP contribution in [-0.4, -0.2) is 18.7 Å². The van der Waals surface area contributed by atoms with Gasteiger partial charge in [-0.1, -0.05) is 51.8 Å². The molecule has 1 amide bonds. The standard InChI is InChI=1S/C24H21BrClFN2O3/c1-2-31-22-12-18(14-28-29-23(30)13-16-5-9-20(27)10-6-16)11-21(26)24(22)32-15-17-3-7-19(25)8-4-17/h3-12,14H,2,13,15H2,1H3,(H,29,30)/b28-14+. The quantitative estimate of drug-likeness (QED) is 0.282. The van der Waals surface area contributed by atoms with Crippen molar-refractivity contribution in [3.63, 3.8) is 0 Å². The largest absolute Gasteiger partial charge is 0.490 e. The number of halogens is 3. The maximum atomic E-state index is 13.0. The Morgan fingerprint density at radius 1 is 1.09 bits per heavy atom. The van der Waals surface area contributed by atoms with Crippen molar-refractivity contribution < 1.29 is 18.7 Å². The van der Waals surface area contributed by atoms with Gasteiger partial charge < -0.3 is 9.47 Å². The first-order chi connectivity index (χ1) is 15.4. The molecule has 3 aromatic carbocycles. The van der Waals surface area contributed by atoms with Crippen molar-refractivity contribution in [2.24, 2.45) is 5.10 Å². The first-order valence-corrected chi connectivity index (χ1v) is 11.0. The number of carbonyl (C=O) groups excluding carboxylic acids is 1. The molecule has 32 heavy (non-hydrogen) atoms. The summed E-state index contributed by atoms with van der Waals surface area (Å²) in [5, 5.41) is 4.34. The van der Waals surface area contributed by atoms with Crippen LogP contribution in [0, 0.1) is 5.82 Å². The minimum atomic E-state index is -0.349. The van der Waals surface area contributed by atoms with Crippen LogP contribution < -0.4 is 14.9 Å². The van der Waals surface area contributed by atoms with Gasteiger partial charge in [-0.2, -0.15) is 5.10 Å². The molecule has 0 aliphatic carbocycles. The van der Waals surface area contributed by atoms with E-state index in [-0.39, 0.29) is 18.1 Å². The van der Waals surface area contributed by atoms with E-state index in [0.717, 1.165) is 10.0 Å². The lowest BCUT2D eigenvalue weighted by Crippen LogP contribution is -2.19. The molecule has 0 bridgehead atoms. The van der Waals surface area contributed by atoms with E-state index in [9.17, 15) is 9.18 Å². The fourth-order valence-corrected chi connectivity index (χ4v) is 3.35. The minimum Gasteiger partial charge on any atom is -0.490 e. The molecule has 0 aromatic heterocycles. The van der Waals surface area contributed by atoms with Crippen LogP contribution in [0.1, 0.15) is 23.6 Å². The SMILES string of the molecule is CCOc1cc(/C=N/NC(=O)Cc2ccc(F)cc2)cc(Cl)c1OCc1ccc(Br)cc1. The second-order valence-corrected chi connectivity index (χ2v) is 8.10. The van der Waals surface area contributed by atoms with E-state index in [1.54, 1.807) is 24.3 Å². The van der Waals surface area contributed by atoms with Gasteiger partial charge in [0.15, 0.2) is 11.5 Å². The zero-order chi connectivity index (χ0) is 22.9. The van der Waals surface area contributed by atoms with Crippen molar-refractivity contribution >= 4 is 39.7 Å². The predicted molar refractivity (Wildman–Crippen MR) is 127 cm³/mol. The van der Waals surface area contributed by atoms with E-state index in [1.807, 2.05) is 31.2 Å². The number of nitrogens with zero attached hydrogens (tertiary/aromatic N) is 1. The number of rotatable bonds is 9. The fourth-order valence-electron chi connectivity index (χ4n) is 2.81. The second-order valence-electron chi connectivity index (χ2n) is 6.77. The van der Waals surface area contributed by atoms with Gasteiger partial charge in [0.05, 0.1) is 24.3 Å². The maximum Gasteiger partial charge on any atom is 0.244 e. The van der Waals surface area contributed by atoms with Crippen molar-refractivity contribution in [3.05, 3.63) is 92.7 Å². The van der Waals surface area contributed by atoms with Crippen LogP contribution in [0.25, 0.3) is 0 Å². The zero-order valence-electron chi connectivity index (χ0n) is 17.3. The van der Waals surface area contributed by atoms with E-state index in [2.05, 4.69) is 26.5 Å². The highest BCUT2D eigenvalue weighted by Gasteiger charge is 2.13. The summed E-state index contributed by atoms with van der Waals surface area (Å²) in [6, 6.07) is 16.9. The molecule has 0 fully saturated rings. The Hall–Kier alpha value is -2.90. The van der Waals surface area contributed by atoms with Crippen molar-refractivity contribution in [1.29, 1.82) is 0 Å². The normalized spacial score (nSPS) is 10.9. The van der Waals surface area contributed by atoms with E-state index in [0.29, 0.717) is 40.9 Å². The summed E-state index contributed by atoms with van der Waals surface area (Å²) in [5.41, 5.74) is 4.76. The van der Waals surface area contributed by atoms with E-state index < -0.39 is 0 Å². The average Bonchev–Trinajstić information content (AvgIpc) is 2.76. The fraction of sp³-hybridized carbons (Fsp3) is 0.167. The monoisotopic (exact) mass is 518 g/mol. The topological polar surface area (TPSA) is 59.9 Å². The minimum absolute atomic E-state index is 0.0887. The molecule has 166 valence electrons. The molecule has 0 heterocycles. The van der Waals surface area contributed by atoms with Gasteiger partial charge in [-0.25, -0.2) is 9.82 Å². The Balaban J connectivity index is 1.65. The summed E-state index contributed by atoms with van der Waals surface area (Å²) in [5.74, 6) is 0.252. The van der Waals surface area contributed by atoms with Crippen molar-refractivity contribution in [2.75, 3.05) is 6.61 Å². The molecule has 0 radical (unpaired) electrons. The van der Waals surface area contributed by atoms with Gasteiger partial charge in [-0.3, -0.25) is 4.79 Å². The van der Waals surface area contributed by atoms with Gasteiger partial charge in [0, 0.05) is 4.47 Å². The molecule has 0 aliphatic heterocycles. The number of hydrazone groups is 1. The number of hydrogen-bond acceptors (Lipinski definition) is 4.